The van der Waals surface area contributed by atoms with Crippen LogP contribution in [0, 0.1) is 0 Å². The molecule has 4 heteroatoms. The van der Waals surface area contributed by atoms with Crippen molar-refractivity contribution in [2.24, 2.45) is 0 Å². The fourth-order valence-corrected chi connectivity index (χ4v) is 2.93. The van der Waals surface area contributed by atoms with Gasteiger partial charge in [0, 0.05) is 36.6 Å². The summed E-state index contributed by atoms with van der Waals surface area (Å²) in [5, 5.41) is 12.2. The molecule has 1 aromatic heterocycles. The van der Waals surface area contributed by atoms with Gasteiger partial charge >= 0.3 is 5.97 Å². The maximum atomic E-state index is 10.6. The third kappa shape index (κ3) is 3.59. The number of carbonyl (C=O) groups is 1. The Bertz CT molecular complexity index is 688. The van der Waals surface area contributed by atoms with Crippen LogP contribution >= 0.6 is 0 Å². The van der Waals surface area contributed by atoms with Crippen molar-refractivity contribution in [3.8, 4) is 0 Å². The standard InChI is InChI=1S/C19H20N2O2/c22-19(23)9-3-1-2-6-16-15-10-11-20-12-14(15)13-21-18-8-5-4-7-17(16)18/h4-8,10-12,21H,1-3,9,13H2,(H,22,23). The number of aromatic nitrogens is 1. The Labute approximate surface area is 135 Å². The average molecular weight is 308 g/mol. The molecule has 0 amide bonds. The molecular formula is C19H20N2O2. The predicted octanol–water partition coefficient (Wildman–Crippen LogP) is 4.08. The summed E-state index contributed by atoms with van der Waals surface area (Å²) in [4.78, 5) is 14.8. The quantitative estimate of drug-likeness (QED) is 0.817. The number of nitrogens with one attached hydrogen (secondary N) is 1. The summed E-state index contributed by atoms with van der Waals surface area (Å²) in [7, 11) is 0. The number of pyridine rings is 1. The van der Waals surface area contributed by atoms with Crippen molar-refractivity contribution in [2.75, 3.05) is 5.32 Å². The molecule has 118 valence electrons. The summed E-state index contributed by atoms with van der Waals surface area (Å²) in [6.07, 6.45) is 8.67. The zero-order valence-electron chi connectivity index (χ0n) is 13.0. The molecule has 0 fully saturated rings. The van der Waals surface area contributed by atoms with E-state index in [1.165, 1.54) is 22.3 Å². The lowest BCUT2D eigenvalue weighted by atomic mass is 9.94. The first-order valence-electron chi connectivity index (χ1n) is 7.94. The van der Waals surface area contributed by atoms with E-state index in [1.807, 2.05) is 24.5 Å². The Balaban J connectivity index is 1.89. The summed E-state index contributed by atoms with van der Waals surface area (Å²) in [5.74, 6) is -0.724. The van der Waals surface area contributed by atoms with Crippen LogP contribution in [0.2, 0.25) is 0 Å². The maximum Gasteiger partial charge on any atom is 0.303 e. The summed E-state index contributed by atoms with van der Waals surface area (Å²) >= 11 is 0. The summed E-state index contributed by atoms with van der Waals surface area (Å²) in [6.45, 7) is 0.760. The lowest BCUT2D eigenvalue weighted by Crippen LogP contribution is -1.99. The van der Waals surface area contributed by atoms with Crippen molar-refractivity contribution >= 4 is 17.2 Å². The minimum absolute atomic E-state index is 0.238. The molecule has 1 aliphatic rings. The van der Waals surface area contributed by atoms with E-state index in [1.54, 1.807) is 0 Å². The molecule has 0 atom stereocenters. The Kier molecular flexibility index (Phi) is 4.71. The van der Waals surface area contributed by atoms with E-state index in [9.17, 15) is 4.79 Å². The van der Waals surface area contributed by atoms with Crippen molar-refractivity contribution in [3.05, 3.63) is 65.5 Å². The highest BCUT2D eigenvalue weighted by molar-refractivity contribution is 5.88. The van der Waals surface area contributed by atoms with Crippen LogP contribution in [0.5, 0.6) is 0 Å². The number of carboxylic acids is 1. The van der Waals surface area contributed by atoms with Crippen molar-refractivity contribution in [1.29, 1.82) is 0 Å². The fraction of sp³-hybridized carbons (Fsp3) is 0.263. The van der Waals surface area contributed by atoms with Crippen molar-refractivity contribution in [3.63, 3.8) is 0 Å². The number of anilines is 1. The smallest absolute Gasteiger partial charge is 0.303 e. The fourth-order valence-electron chi connectivity index (χ4n) is 2.93. The molecule has 1 aromatic carbocycles. The molecule has 3 rings (SSSR count). The van der Waals surface area contributed by atoms with Gasteiger partial charge in [0.2, 0.25) is 0 Å². The number of hydrogen-bond acceptors (Lipinski definition) is 3. The van der Waals surface area contributed by atoms with Gasteiger partial charge in [0.05, 0.1) is 0 Å². The van der Waals surface area contributed by atoms with Gasteiger partial charge in [-0.1, -0.05) is 24.3 Å². The molecule has 0 saturated heterocycles. The van der Waals surface area contributed by atoms with Crippen LogP contribution < -0.4 is 5.32 Å². The molecule has 1 aliphatic heterocycles. The van der Waals surface area contributed by atoms with E-state index in [-0.39, 0.29) is 6.42 Å². The second-order valence-corrected chi connectivity index (χ2v) is 5.69. The van der Waals surface area contributed by atoms with Crippen molar-refractivity contribution in [1.82, 2.24) is 4.98 Å². The van der Waals surface area contributed by atoms with Crippen LogP contribution in [0.15, 0.2) is 48.8 Å². The molecule has 23 heavy (non-hydrogen) atoms. The number of nitrogens with zero attached hydrogens (tertiary/aromatic N) is 1. The molecule has 0 radical (unpaired) electrons. The van der Waals surface area contributed by atoms with Crippen molar-refractivity contribution in [2.45, 2.75) is 32.2 Å². The molecule has 0 bridgehead atoms. The monoisotopic (exact) mass is 308 g/mol. The van der Waals surface area contributed by atoms with Gasteiger partial charge < -0.3 is 10.4 Å². The molecule has 0 aliphatic carbocycles. The number of fused-ring (bicyclic) bond motifs is 2. The second-order valence-electron chi connectivity index (χ2n) is 5.69. The van der Waals surface area contributed by atoms with Gasteiger partial charge in [0.1, 0.15) is 0 Å². The van der Waals surface area contributed by atoms with Crippen molar-refractivity contribution < 1.29 is 9.90 Å². The highest BCUT2D eigenvalue weighted by Gasteiger charge is 2.16. The molecule has 4 nitrogen and oxygen atoms in total. The van der Waals surface area contributed by atoms with Crippen LogP contribution in [0.4, 0.5) is 5.69 Å². The number of benzene rings is 1. The number of allylic oxidation sites excluding steroid dienone is 1. The number of para-hydroxylation sites is 1. The van der Waals surface area contributed by atoms with E-state index in [0.29, 0.717) is 6.42 Å². The highest BCUT2D eigenvalue weighted by Crippen LogP contribution is 2.35. The van der Waals surface area contributed by atoms with Gasteiger partial charge in [-0.15, -0.1) is 0 Å². The molecule has 0 saturated carbocycles. The second kappa shape index (κ2) is 7.09. The highest BCUT2D eigenvalue weighted by atomic mass is 16.4. The molecule has 2 N–H and O–H groups in total. The van der Waals surface area contributed by atoms with Crippen LogP contribution in [-0.4, -0.2) is 16.1 Å². The molecule has 2 aromatic rings. The van der Waals surface area contributed by atoms with E-state index in [2.05, 4.69) is 34.6 Å². The SMILES string of the molecule is O=C(O)CCCCC=C1c2ccncc2CNc2ccccc21. The minimum Gasteiger partial charge on any atom is -0.481 e. The number of unbranched alkanes of at least 4 members (excludes halogenated alkanes) is 2. The van der Waals surface area contributed by atoms with Gasteiger partial charge in [-0.25, -0.2) is 0 Å². The largest absolute Gasteiger partial charge is 0.481 e. The lowest BCUT2D eigenvalue weighted by molar-refractivity contribution is -0.137. The molecule has 0 unspecified atom stereocenters. The van der Waals surface area contributed by atoms with E-state index in [4.69, 9.17) is 5.11 Å². The molecule has 2 heterocycles. The number of hydrogen-bond donors (Lipinski definition) is 2. The Morgan fingerprint density at radius 1 is 1.22 bits per heavy atom. The first kappa shape index (κ1) is 15.3. The summed E-state index contributed by atoms with van der Waals surface area (Å²) in [5.41, 5.74) is 5.91. The number of rotatable bonds is 5. The van der Waals surface area contributed by atoms with Crippen LogP contribution in [-0.2, 0) is 11.3 Å². The van der Waals surface area contributed by atoms with Gasteiger partial charge in [-0.3, -0.25) is 9.78 Å². The average Bonchev–Trinajstić information content (AvgIpc) is 2.72. The normalized spacial score (nSPS) is 14.5. The number of aliphatic carboxylic acids is 1. The Morgan fingerprint density at radius 2 is 2.09 bits per heavy atom. The molecule has 0 spiro atoms. The molecular weight excluding hydrogens is 288 g/mol. The summed E-state index contributed by atoms with van der Waals surface area (Å²) < 4.78 is 0. The van der Waals surface area contributed by atoms with E-state index >= 15 is 0 Å². The zero-order valence-corrected chi connectivity index (χ0v) is 13.0. The zero-order chi connectivity index (χ0) is 16.1. The maximum absolute atomic E-state index is 10.6. The lowest BCUT2D eigenvalue weighted by Gasteiger charge is -2.11. The predicted molar refractivity (Wildman–Crippen MR) is 91.2 cm³/mol. The minimum atomic E-state index is -0.724. The third-order valence-electron chi connectivity index (χ3n) is 4.07. The van der Waals surface area contributed by atoms with Gasteiger partial charge in [0.15, 0.2) is 0 Å². The van der Waals surface area contributed by atoms with E-state index < -0.39 is 5.97 Å². The topological polar surface area (TPSA) is 62.2 Å². The Hall–Kier alpha value is -2.62. The first-order valence-corrected chi connectivity index (χ1v) is 7.94. The Morgan fingerprint density at radius 3 is 2.96 bits per heavy atom. The van der Waals surface area contributed by atoms with Crippen LogP contribution in [0.3, 0.4) is 0 Å². The first-order chi connectivity index (χ1) is 11.3. The van der Waals surface area contributed by atoms with Gasteiger partial charge in [0.25, 0.3) is 0 Å². The van der Waals surface area contributed by atoms with Crippen LogP contribution in [0.25, 0.3) is 5.57 Å². The van der Waals surface area contributed by atoms with E-state index in [0.717, 1.165) is 25.1 Å². The number of carboxylic acid groups (broad SMARTS) is 1. The van der Waals surface area contributed by atoms with Crippen LogP contribution in [0.1, 0.15) is 42.4 Å². The van der Waals surface area contributed by atoms with Gasteiger partial charge in [-0.05, 0) is 48.1 Å². The summed E-state index contributed by atoms with van der Waals surface area (Å²) in [6, 6.07) is 10.4. The third-order valence-corrected chi connectivity index (χ3v) is 4.07. The van der Waals surface area contributed by atoms with Gasteiger partial charge in [-0.2, -0.15) is 0 Å².